The Hall–Kier alpha value is -3.48. The van der Waals surface area contributed by atoms with Gasteiger partial charge in [0.05, 0.1) is 23.6 Å². The first-order valence-corrected chi connectivity index (χ1v) is 11.0. The number of nitrogens with one attached hydrogen (secondary N) is 1. The van der Waals surface area contributed by atoms with Crippen LogP contribution in [-0.2, 0) is 17.8 Å². The summed E-state index contributed by atoms with van der Waals surface area (Å²) < 4.78 is 15.3. The van der Waals surface area contributed by atoms with E-state index in [4.69, 9.17) is 0 Å². The molecule has 2 atom stereocenters. The number of hydrogen-bond acceptors (Lipinski definition) is 3. The highest BCUT2D eigenvalue weighted by atomic mass is 19.1. The lowest BCUT2D eigenvalue weighted by Crippen LogP contribution is -2.34. The van der Waals surface area contributed by atoms with Crippen molar-refractivity contribution in [3.63, 3.8) is 0 Å². The second kappa shape index (κ2) is 8.57. The standard InChI is InChI=1S/C25H26FN5O/c1-17-10-19(16-31(17)25(32)7-4-18-2-5-22(26)6-3-18)15-30-9-8-20-11-23(27-14-24(20)30)21-12-28-29-13-21/h2-3,5-6,8-9,11-14,17,19H,4,7,10,15-16H2,1H3,(H,28,29). The number of carbonyl (C=O) groups is 1. The van der Waals surface area contributed by atoms with E-state index in [-0.39, 0.29) is 17.8 Å². The second-order valence-corrected chi connectivity index (χ2v) is 8.71. The number of aromatic nitrogens is 4. The largest absolute Gasteiger partial charge is 0.346 e. The maximum atomic E-state index is 13.1. The Morgan fingerprint density at radius 3 is 2.84 bits per heavy atom. The molecule has 4 aromatic rings. The van der Waals surface area contributed by atoms with Crippen LogP contribution in [0.5, 0.6) is 0 Å². The number of likely N-dealkylation sites (tertiary alicyclic amines) is 1. The van der Waals surface area contributed by atoms with E-state index < -0.39 is 0 Å². The predicted molar refractivity (Wildman–Crippen MR) is 121 cm³/mol. The minimum atomic E-state index is -0.249. The van der Waals surface area contributed by atoms with Crippen molar-refractivity contribution >= 4 is 16.8 Å². The lowest BCUT2D eigenvalue weighted by molar-refractivity contribution is -0.131. The van der Waals surface area contributed by atoms with Crippen molar-refractivity contribution in [2.45, 2.75) is 38.8 Å². The highest BCUT2D eigenvalue weighted by molar-refractivity contribution is 5.83. The molecule has 0 radical (unpaired) electrons. The van der Waals surface area contributed by atoms with Gasteiger partial charge in [-0.05, 0) is 55.5 Å². The molecule has 0 spiro atoms. The summed E-state index contributed by atoms with van der Waals surface area (Å²) in [4.78, 5) is 19.4. The molecule has 2 unspecified atom stereocenters. The number of carbonyl (C=O) groups excluding carboxylic acids is 1. The molecule has 1 aliphatic heterocycles. The first kappa shape index (κ1) is 20.4. The molecule has 7 heteroatoms. The van der Waals surface area contributed by atoms with Gasteiger partial charge in [0.15, 0.2) is 0 Å². The number of pyridine rings is 1. The molecule has 3 aromatic heterocycles. The van der Waals surface area contributed by atoms with Crippen molar-refractivity contribution in [2.24, 2.45) is 5.92 Å². The molecule has 1 saturated heterocycles. The third-order valence-electron chi connectivity index (χ3n) is 6.43. The highest BCUT2D eigenvalue weighted by Gasteiger charge is 2.32. The number of benzene rings is 1. The molecule has 4 heterocycles. The van der Waals surface area contributed by atoms with Gasteiger partial charge >= 0.3 is 0 Å². The van der Waals surface area contributed by atoms with Gasteiger partial charge in [-0.15, -0.1) is 0 Å². The number of hydrogen-bond donors (Lipinski definition) is 1. The van der Waals surface area contributed by atoms with E-state index in [2.05, 4.69) is 45.0 Å². The highest BCUT2D eigenvalue weighted by Crippen LogP contribution is 2.28. The van der Waals surface area contributed by atoms with Crippen LogP contribution in [-0.4, -0.2) is 43.1 Å². The van der Waals surface area contributed by atoms with Crippen LogP contribution in [0, 0.1) is 11.7 Å². The summed E-state index contributed by atoms with van der Waals surface area (Å²) >= 11 is 0. The molecule has 0 saturated carbocycles. The summed E-state index contributed by atoms with van der Waals surface area (Å²) in [6.07, 6.45) is 9.72. The fraction of sp³-hybridized carbons (Fsp3) is 0.320. The van der Waals surface area contributed by atoms with Gasteiger partial charge in [-0.25, -0.2) is 4.39 Å². The number of H-pyrrole nitrogens is 1. The van der Waals surface area contributed by atoms with E-state index in [0.717, 1.165) is 47.2 Å². The van der Waals surface area contributed by atoms with Crippen molar-refractivity contribution in [1.82, 2.24) is 24.6 Å². The lowest BCUT2D eigenvalue weighted by Gasteiger charge is -2.21. The van der Waals surface area contributed by atoms with Crippen molar-refractivity contribution in [2.75, 3.05) is 6.54 Å². The maximum Gasteiger partial charge on any atom is 0.223 e. The molecule has 0 bridgehead atoms. The second-order valence-electron chi connectivity index (χ2n) is 8.71. The zero-order chi connectivity index (χ0) is 22.1. The van der Waals surface area contributed by atoms with E-state index in [1.54, 1.807) is 18.3 Å². The van der Waals surface area contributed by atoms with Gasteiger partial charge < -0.3 is 9.47 Å². The number of aryl methyl sites for hydroxylation is 1. The summed E-state index contributed by atoms with van der Waals surface area (Å²) in [6.45, 7) is 3.76. The third kappa shape index (κ3) is 4.15. The van der Waals surface area contributed by atoms with Crippen LogP contribution in [0.1, 0.15) is 25.3 Å². The van der Waals surface area contributed by atoms with Crippen molar-refractivity contribution in [3.8, 4) is 11.3 Å². The van der Waals surface area contributed by atoms with Crippen molar-refractivity contribution in [3.05, 3.63) is 72.6 Å². The van der Waals surface area contributed by atoms with Gasteiger partial charge in [0, 0.05) is 48.9 Å². The van der Waals surface area contributed by atoms with Crippen LogP contribution in [0.4, 0.5) is 4.39 Å². The molecule has 32 heavy (non-hydrogen) atoms. The molecule has 1 aromatic carbocycles. The molecule has 1 aliphatic rings. The first-order valence-electron chi connectivity index (χ1n) is 11.0. The normalized spacial score (nSPS) is 18.5. The van der Waals surface area contributed by atoms with E-state index in [1.807, 2.05) is 17.3 Å². The van der Waals surface area contributed by atoms with Gasteiger partial charge in [-0.2, -0.15) is 5.10 Å². The summed E-state index contributed by atoms with van der Waals surface area (Å²) in [5.74, 6) is 0.332. The third-order valence-corrected chi connectivity index (χ3v) is 6.43. The van der Waals surface area contributed by atoms with E-state index >= 15 is 0 Å². The molecule has 164 valence electrons. The quantitative estimate of drug-likeness (QED) is 0.491. The molecular weight excluding hydrogens is 405 g/mol. The minimum Gasteiger partial charge on any atom is -0.346 e. The van der Waals surface area contributed by atoms with Gasteiger partial charge in [0.25, 0.3) is 0 Å². The van der Waals surface area contributed by atoms with Crippen LogP contribution >= 0.6 is 0 Å². The summed E-state index contributed by atoms with van der Waals surface area (Å²) in [6, 6.07) is 10.8. The smallest absolute Gasteiger partial charge is 0.223 e. The van der Waals surface area contributed by atoms with Crippen LogP contribution < -0.4 is 0 Å². The van der Waals surface area contributed by atoms with E-state index in [1.165, 1.54) is 12.1 Å². The lowest BCUT2D eigenvalue weighted by atomic mass is 10.1. The van der Waals surface area contributed by atoms with Gasteiger partial charge in [0.1, 0.15) is 5.82 Å². The average molecular weight is 432 g/mol. The van der Waals surface area contributed by atoms with E-state index in [0.29, 0.717) is 18.8 Å². The Labute approximate surface area is 186 Å². The zero-order valence-electron chi connectivity index (χ0n) is 18.0. The van der Waals surface area contributed by atoms with Crippen molar-refractivity contribution in [1.29, 1.82) is 0 Å². The molecule has 1 fully saturated rings. The number of nitrogens with zero attached hydrogens (tertiary/aromatic N) is 4. The number of halogens is 1. The Bertz CT molecular complexity index is 1220. The van der Waals surface area contributed by atoms with Gasteiger partial charge in [-0.3, -0.25) is 14.9 Å². The monoisotopic (exact) mass is 431 g/mol. The molecule has 5 rings (SSSR count). The number of rotatable bonds is 6. The fourth-order valence-electron chi connectivity index (χ4n) is 4.74. The SMILES string of the molecule is CC1CC(Cn2ccc3cc(-c4cn[nH]c4)ncc32)CN1C(=O)CCc1ccc(F)cc1. The van der Waals surface area contributed by atoms with Crippen LogP contribution in [0.3, 0.4) is 0 Å². The Balaban J connectivity index is 1.22. The number of aromatic amines is 1. The molecule has 1 N–H and O–H groups in total. The molecule has 0 aliphatic carbocycles. The Morgan fingerprint density at radius 1 is 1.22 bits per heavy atom. The summed E-state index contributed by atoms with van der Waals surface area (Å²) in [7, 11) is 0. The topological polar surface area (TPSA) is 66.8 Å². The number of fused-ring (bicyclic) bond motifs is 1. The summed E-state index contributed by atoms with van der Waals surface area (Å²) in [5, 5.41) is 7.97. The molecular formula is C25H26FN5O. The van der Waals surface area contributed by atoms with E-state index in [9.17, 15) is 9.18 Å². The number of amides is 1. The Kier molecular flexibility index (Phi) is 5.47. The fourth-order valence-corrected chi connectivity index (χ4v) is 4.74. The first-order chi connectivity index (χ1) is 15.6. The van der Waals surface area contributed by atoms with Crippen LogP contribution in [0.2, 0.25) is 0 Å². The molecule has 6 nitrogen and oxygen atoms in total. The summed E-state index contributed by atoms with van der Waals surface area (Å²) in [5.41, 5.74) is 3.96. The molecule has 1 amide bonds. The maximum absolute atomic E-state index is 13.1. The zero-order valence-corrected chi connectivity index (χ0v) is 18.0. The van der Waals surface area contributed by atoms with Gasteiger partial charge in [0.2, 0.25) is 5.91 Å². The predicted octanol–water partition coefficient (Wildman–Crippen LogP) is 4.44. The van der Waals surface area contributed by atoms with Crippen molar-refractivity contribution < 1.29 is 9.18 Å². The Morgan fingerprint density at radius 2 is 2.06 bits per heavy atom. The minimum absolute atomic E-state index is 0.174. The van der Waals surface area contributed by atoms with Crippen LogP contribution in [0.25, 0.3) is 22.2 Å². The van der Waals surface area contributed by atoms with Crippen LogP contribution in [0.15, 0.2) is 61.2 Å². The average Bonchev–Trinajstić information content (AvgIpc) is 3.54. The van der Waals surface area contributed by atoms with Gasteiger partial charge in [-0.1, -0.05) is 12.1 Å².